The van der Waals surface area contributed by atoms with Crippen molar-refractivity contribution in [3.05, 3.63) is 77.2 Å². The number of benzene rings is 2. The van der Waals surface area contributed by atoms with Crippen molar-refractivity contribution in [3.8, 4) is 16.9 Å². The number of carbonyl (C=O) groups is 1. The lowest BCUT2D eigenvalue weighted by atomic mass is 9.83. The Hall–Kier alpha value is -3.54. The average molecular weight is 398 g/mol. The molecule has 0 bridgehead atoms. The topological polar surface area (TPSA) is 80.4 Å². The molecule has 0 saturated carbocycles. The number of rotatable bonds is 3. The van der Waals surface area contributed by atoms with E-state index in [0.717, 1.165) is 28.1 Å². The minimum Gasteiger partial charge on any atom is -0.508 e. The molecule has 1 atom stereocenters. The number of phenols is 1. The molecule has 0 unspecified atom stereocenters. The van der Waals surface area contributed by atoms with E-state index in [4.69, 9.17) is 5.10 Å². The molecular weight excluding hydrogens is 376 g/mol. The first-order chi connectivity index (χ1) is 14.5. The zero-order chi connectivity index (χ0) is 20.8. The van der Waals surface area contributed by atoms with Gasteiger partial charge in [-0.05, 0) is 29.5 Å². The maximum Gasteiger partial charge on any atom is 0.185 e. The highest BCUT2D eigenvalue weighted by molar-refractivity contribution is 5.97. The van der Waals surface area contributed by atoms with E-state index in [1.807, 2.05) is 42.5 Å². The van der Waals surface area contributed by atoms with E-state index in [-0.39, 0.29) is 23.4 Å². The zero-order valence-electron chi connectivity index (χ0n) is 16.9. The Labute approximate surface area is 174 Å². The van der Waals surface area contributed by atoms with Crippen molar-refractivity contribution in [1.82, 2.24) is 19.8 Å². The van der Waals surface area contributed by atoms with Gasteiger partial charge in [0.15, 0.2) is 17.1 Å². The molecule has 30 heavy (non-hydrogen) atoms. The number of fused-ring (bicyclic) bond motifs is 3. The van der Waals surface area contributed by atoms with Crippen molar-refractivity contribution in [3.63, 3.8) is 0 Å². The molecule has 6 nitrogen and oxygen atoms in total. The van der Waals surface area contributed by atoms with E-state index in [1.54, 1.807) is 16.6 Å². The van der Waals surface area contributed by atoms with Gasteiger partial charge >= 0.3 is 0 Å². The number of carbonyl (C=O) groups excluding carboxylic acids is 1. The molecule has 2 heterocycles. The largest absolute Gasteiger partial charge is 0.508 e. The lowest BCUT2D eigenvalue weighted by Gasteiger charge is -2.23. The zero-order valence-corrected chi connectivity index (χ0v) is 16.9. The summed E-state index contributed by atoms with van der Waals surface area (Å²) in [6.45, 7) is 4.20. The summed E-state index contributed by atoms with van der Waals surface area (Å²) in [4.78, 5) is 12.9. The van der Waals surface area contributed by atoms with Crippen LogP contribution in [0.2, 0.25) is 0 Å². The normalized spacial score (nSPS) is 16.2. The third kappa shape index (κ3) is 2.87. The van der Waals surface area contributed by atoms with Crippen LogP contribution in [0.5, 0.6) is 5.75 Å². The predicted octanol–water partition coefficient (Wildman–Crippen LogP) is 4.53. The molecule has 1 aliphatic carbocycles. The van der Waals surface area contributed by atoms with Gasteiger partial charge in [0.1, 0.15) is 5.75 Å². The van der Waals surface area contributed by atoms with Gasteiger partial charge in [0.05, 0.1) is 17.0 Å². The summed E-state index contributed by atoms with van der Waals surface area (Å²) in [7, 11) is 0. The highest BCUT2D eigenvalue weighted by atomic mass is 16.3. The van der Waals surface area contributed by atoms with Crippen LogP contribution in [-0.4, -0.2) is 30.7 Å². The second kappa shape index (κ2) is 7.06. The number of hydrogen-bond acceptors (Lipinski definition) is 5. The Morgan fingerprint density at radius 3 is 2.47 bits per heavy atom. The highest BCUT2D eigenvalue weighted by Crippen LogP contribution is 2.38. The summed E-state index contributed by atoms with van der Waals surface area (Å²) >= 11 is 0. The number of hydrogen-bond donors (Lipinski definition) is 1. The average Bonchev–Trinajstić information content (AvgIpc) is 3.15. The monoisotopic (exact) mass is 398 g/mol. The standard InChI is InChI=1S/C24H22N4O2/c1-14(2)22-21(15-8-4-3-5-9-15)24-26-25-23-18(28(24)27-22)12-16(13-20(23)30)17-10-6-7-11-19(17)29/h3-11,14,16,29H,12-13H2,1-2H3/t16-/m1/s1. The maximum absolute atomic E-state index is 12.9. The number of aromatic hydroxyl groups is 1. The van der Waals surface area contributed by atoms with Crippen molar-refractivity contribution in [2.45, 2.75) is 38.5 Å². The number of aromatic nitrogens is 4. The fourth-order valence-electron chi connectivity index (χ4n) is 4.33. The Kier molecular flexibility index (Phi) is 4.35. The molecule has 0 saturated heterocycles. The van der Waals surface area contributed by atoms with Crippen LogP contribution >= 0.6 is 0 Å². The molecule has 4 aromatic rings. The molecule has 0 aliphatic heterocycles. The van der Waals surface area contributed by atoms with Crippen LogP contribution in [0, 0.1) is 0 Å². The SMILES string of the molecule is CC(C)c1nn2c3c(nnc2c1-c1ccccc1)C(=O)C[C@H](c1ccccc1O)C3. The fourth-order valence-corrected chi connectivity index (χ4v) is 4.33. The summed E-state index contributed by atoms with van der Waals surface area (Å²) in [6, 6.07) is 17.3. The van der Waals surface area contributed by atoms with E-state index in [2.05, 4.69) is 24.0 Å². The Balaban J connectivity index is 1.72. The summed E-state index contributed by atoms with van der Waals surface area (Å²) in [6.07, 6.45) is 0.868. The van der Waals surface area contributed by atoms with Crippen LogP contribution in [0.4, 0.5) is 0 Å². The third-order valence-corrected chi connectivity index (χ3v) is 5.78. The van der Waals surface area contributed by atoms with Gasteiger partial charge in [-0.1, -0.05) is 62.4 Å². The summed E-state index contributed by atoms with van der Waals surface area (Å²) < 4.78 is 1.80. The molecule has 1 N–H and O–H groups in total. The molecule has 5 rings (SSSR count). The van der Waals surface area contributed by atoms with Gasteiger partial charge in [-0.3, -0.25) is 4.79 Å². The van der Waals surface area contributed by atoms with Crippen LogP contribution in [0.15, 0.2) is 54.6 Å². The van der Waals surface area contributed by atoms with Crippen LogP contribution in [-0.2, 0) is 6.42 Å². The van der Waals surface area contributed by atoms with Gasteiger partial charge in [0.25, 0.3) is 0 Å². The molecular formula is C24H22N4O2. The summed E-state index contributed by atoms with van der Waals surface area (Å²) in [5, 5.41) is 23.9. The van der Waals surface area contributed by atoms with E-state index in [1.165, 1.54) is 0 Å². The van der Waals surface area contributed by atoms with Gasteiger partial charge in [-0.25, -0.2) is 4.52 Å². The van der Waals surface area contributed by atoms with Crippen molar-refractivity contribution in [2.75, 3.05) is 0 Å². The molecule has 150 valence electrons. The van der Waals surface area contributed by atoms with E-state index in [9.17, 15) is 9.90 Å². The smallest absolute Gasteiger partial charge is 0.185 e. The lowest BCUT2D eigenvalue weighted by molar-refractivity contribution is 0.0955. The molecule has 6 heteroatoms. The molecule has 1 aliphatic rings. The van der Waals surface area contributed by atoms with Gasteiger partial charge in [-0.2, -0.15) is 5.10 Å². The Morgan fingerprint density at radius 2 is 1.73 bits per heavy atom. The molecule has 0 fully saturated rings. The first kappa shape index (κ1) is 18.5. The third-order valence-electron chi connectivity index (χ3n) is 5.78. The number of nitrogens with zero attached hydrogens (tertiary/aromatic N) is 4. The van der Waals surface area contributed by atoms with Crippen LogP contribution in [0.25, 0.3) is 16.8 Å². The Morgan fingerprint density at radius 1 is 1.00 bits per heavy atom. The van der Waals surface area contributed by atoms with Gasteiger partial charge in [-0.15, -0.1) is 10.2 Å². The first-order valence-corrected chi connectivity index (χ1v) is 10.2. The second-order valence-corrected chi connectivity index (χ2v) is 8.10. The minimum atomic E-state index is -0.120. The molecule has 0 spiro atoms. The van der Waals surface area contributed by atoms with Crippen molar-refractivity contribution in [2.24, 2.45) is 0 Å². The summed E-state index contributed by atoms with van der Waals surface area (Å²) in [5.74, 6) is 0.211. The molecule has 0 amide bonds. The summed E-state index contributed by atoms with van der Waals surface area (Å²) in [5.41, 5.74) is 5.50. The second-order valence-electron chi connectivity index (χ2n) is 8.10. The Bertz CT molecular complexity index is 1260. The van der Waals surface area contributed by atoms with Gasteiger partial charge in [0.2, 0.25) is 0 Å². The van der Waals surface area contributed by atoms with Crippen molar-refractivity contribution in [1.29, 1.82) is 0 Å². The highest BCUT2D eigenvalue weighted by Gasteiger charge is 2.33. The fraction of sp³-hybridized carbons (Fsp3) is 0.250. The van der Waals surface area contributed by atoms with Crippen LogP contribution in [0.1, 0.15) is 59.5 Å². The molecule has 2 aromatic heterocycles. The minimum absolute atomic E-state index is 0.0678. The van der Waals surface area contributed by atoms with E-state index < -0.39 is 0 Å². The first-order valence-electron chi connectivity index (χ1n) is 10.2. The van der Waals surface area contributed by atoms with Crippen LogP contribution in [0.3, 0.4) is 0 Å². The molecule has 0 radical (unpaired) electrons. The van der Waals surface area contributed by atoms with E-state index >= 15 is 0 Å². The van der Waals surface area contributed by atoms with Gasteiger partial charge in [0, 0.05) is 12.3 Å². The van der Waals surface area contributed by atoms with Gasteiger partial charge < -0.3 is 5.11 Å². The van der Waals surface area contributed by atoms with Crippen molar-refractivity contribution < 1.29 is 9.90 Å². The lowest BCUT2D eigenvalue weighted by Crippen LogP contribution is -2.24. The number of para-hydroxylation sites is 1. The number of phenolic OH excluding ortho intramolecular Hbond substituents is 1. The van der Waals surface area contributed by atoms with E-state index in [0.29, 0.717) is 24.2 Å². The molecule has 2 aromatic carbocycles. The van der Waals surface area contributed by atoms with Crippen LogP contribution < -0.4 is 0 Å². The predicted molar refractivity (Wildman–Crippen MR) is 114 cm³/mol. The number of Topliss-reactive ketones (excluding diaryl/α,β-unsaturated/α-hetero) is 1. The maximum atomic E-state index is 12.9. The quantitative estimate of drug-likeness (QED) is 0.548. The van der Waals surface area contributed by atoms with Crippen molar-refractivity contribution >= 4 is 11.4 Å². The number of ketones is 1.